The van der Waals surface area contributed by atoms with Gasteiger partial charge >= 0.3 is 0 Å². The zero-order chi connectivity index (χ0) is 7.72. The summed E-state index contributed by atoms with van der Waals surface area (Å²) in [5, 5.41) is 0.626. The predicted molar refractivity (Wildman–Crippen MR) is 46.1 cm³/mol. The molecule has 2 N–H and O–H groups in total. The van der Waals surface area contributed by atoms with E-state index in [0.29, 0.717) is 10.8 Å². The first-order valence-electron chi connectivity index (χ1n) is 2.69. The summed E-state index contributed by atoms with van der Waals surface area (Å²) in [6.45, 7) is 1.88. The molecule has 1 aromatic rings. The zero-order valence-corrected chi connectivity index (χ0v) is 7.70. The number of nitrogen functional groups attached to an aromatic ring is 1. The molecule has 0 saturated heterocycles. The first-order valence-corrected chi connectivity index (χ1v) is 3.86. The fourth-order valence-electron chi connectivity index (χ4n) is 0.577. The lowest BCUT2D eigenvalue weighted by molar-refractivity contribution is 1.27. The van der Waals surface area contributed by atoms with Gasteiger partial charge in [0.05, 0.1) is 9.50 Å². The van der Waals surface area contributed by atoms with Gasteiger partial charge in [0.15, 0.2) is 0 Å². The molecule has 0 amide bonds. The molecule has 1 heterocycles. The maximum atomic E-state index is 5.74. The highest BCUT2D eigenvalue weighted by molar-refractivity contribution is 9.10. The number of halogens is 2. The van der Waals surface area contributed by atoms with Crippen LogP contribution in [0.2, 0.25) is 5.02 Å². The maximum Gasteiger partial charge on any atom is 0.138 e. The van der Waals surface area contributed by atoms with Crippen molar-refractivity contribution in [1.29, 1.82) is 0 Å². The Bertz CT molecular complexity index is 235. The van der Waals surface area contributed by atoms with E-state index in [1.54, 1.807) is 0 Å². The largest absolute Gasteiger partial charge is 0.383 e. The van der Waals surface area contributed by atoms with Gasteiger partial charge in [-0.3, -0.25) is 0 Å². The Balaban J connectivity index is 3.34. The van der Waals surface area contributed by atoms with Crippen LogP contribution in [0.1, 0.15) is 5.56 Å². The molecule has 0 saturated carbocycles. The molecule has 2 nitrogen and oxygen atoms in total. The molecule has 0 aliphatic heterocycles. The second-order valence-corrected chi connectivity index (χ2v) is 3.13. The van der Waals surface area contributed by atoms with Crippen molar-refractivity contribution in [3.05, 3.63) is 21.3 Å². The van der Waals surface area contributed by atoms with E-state index in [1.165, 1.54) is 6.20 Å². The van der Waals surface area contributed by atoms with Gasteiger partial charge in [0.1, 0.15) is 5.82 Å². The molecule has 10 heavy (non-hydrogen) atoms. The van der Waals surface area contributed by atoms with Crippen LogP contribution in [0.3, 0.4) is 0 Å². The van der Waals surface area contributed by atoms with E-state index in [9.17, 15) is 0 Å². The van der Waals surface area contributed by atoms with Gasteiger partial charge in [-0.25, -0.2) is 4.98 Å². The first kappa shape index (κ1) is 7.82. The smallest absolute Gasteiger partial charge is 0.138 e. The Morgan fingerprint density at radius 3 is 2.80 bits per heavy atom. The second kappa shape index (κ2) is 2.76. The Kier molecular flexibility index (Phi) is 2.16. The van der Waals surface area contributed by atoms with Crippen LogP contribution in [0.4, 0.5) is 5.82 Å². The van der Waals surface area contributed by atoms with E-state index in [0.717, 1.165) is 10.0 Å². The van der Waals surface area contributed by atoms with Crippen molar-refractivity contribution in [2.45, 2.75) is 6.92 Å². The lowest BCUT2D eigenvalue weighted by atomic mass is 10.3. The van der Waals surface area contributed by atoms with Crippen LogP contribution in [0.25, 0.3) is 0 Å². The number of anilines is 1. The molecule has 0 aliphatic carbocycles. The summed E-state index contributed by atoms with van der Waals surface area (Å²) in [7, 11) is 0. The predicted octanol–water partition coefficient (Wildman–Crippen LogP) is 2.39. The van der Waals surface area contributed by atoms with E-state index in [4.69, 9.17) is 17.3 Å². The van der Waals surface area contributed by atoms with Crippen molar-refractivity contribution in [2.24, 2.45) is 0 Å². The van der Waals surface area contributed by atoms with Crippen LogP contribution in [0, 0.1) is 6.92 Å². The molecule has 0 aromatic carbocycles. The highest BCUT2D eigenvalue weighted by Gasteiger charge is 2.03. The molecule has 0 spiro atoms. The van der Waals surface area contributed by atoms with E-state index in [2.05, 4.69) is 20.9 Å². The number of nitrogens with two attached hydrogens (primary N) is 1. The Morgan fingerprint density at radius 1 is 1.70 bits per heavy atom. The number of aromatic nitrogens is 1. The molecular weight excluding hydrogens is 215 g/mol. The number of pyridine rings is 1. The standard InChI is InChI=1S/C6H6BrClN2/c1-3-4(8)2-10-6(9)5(3)7/h2H,1H3,(H2,9,10). The Hall–Kier alpha value is -0.280. The Morgan fingerprint density at radius 2 is 2.30 bits per heavy atom. The molecule has 54 valence electrons. The third-order valence-corrected chi connectivity index (χ3v) is 2.61. The van der Waals surface area contributed by atoms with Crippen LogP contribution >= 0.6 is 27.5 Å². The van der Waals surface area contributed by atoms with Crippen molar-refractivity contribution < 1.29 is 0 Å². The molecule has 1 rings (SSSR count). The average Bonchev–Trinajstić information content (AvgIpc) is 1.93. The minimum Gasteiger partial charge on any atom is -0.383 e. The fraction of sp³-hybridized carbons (Fsp3) is 0.167. The maximum absolute atomic E-state index is 5.74. The summed E-state index contributed by atoms with van der Waals surface area (Å²) in [4.78, 5) is 3.84. The zero-order valence-electron chi connectivity index (χ0n) is 5.36. The van der Waals surface area contributed by atoms with Gasteiger partial charge in [-0.15, -0.1) is 0 Å². The Labute approximate surface area is 72.5 Å². The monoisotopic (exact) mass is 220 g/mol. The van der Waals surface area contributed by atoms with Crippen molar-refractivity contribution in [3.63, 3.8) is 0 Å². The van der Waals surface area contributed by atoms with Crippen molar-refractivity contribution >= 4 is 33.3 Å². The second-order valence-electron chi connectivity index (χ2n) is 1.93. The summed E-state index contributed by atoms with van der Waals surface area (Å²) < 4.78 is 0.778. The van der Waals surface area contributed by atoms with Crippen LogP contribution in [-0.2, 0) is 0 Å². The summed E-state index contributed by atoms with van der Waals surface area (Å²) >= 11 is 9.00. The molecular formula is C6H6BrClN2. The highest BCUT2D eigenvalue weighted by Crippen LogP contribution is 2.26. The van der Waals surface area contributed by atoms with Gasteiger partial charge in [-0.2, -0.15) is 0 Å². The fourth-order valence-corrected chi connectivity index (χ4v) is 1.15. The first-order chi connectivity index (χ1) is 4.63. The topological polar surface area (TPSA) is 38.9 Å². The molecule has 0 fully saturated rings. The normalized spacial score (nSPS) is 9.90. The number of hydrogen-bond donors (Lipinski definition) is 1. The van der Waals surface area contributed by atoms with Crippen molar-refractivity contribution in [1.82, 2.24) is 4.98 Å². The van der Waals surface area contributed by atoms with Crippen molar-refractivity contribution in [2.75, 3.05) is 5.73 Å². The highest BCUT2D eigenvalue weighted by atomic mass is 79.9. The number of nitrogens with zero attached hydrogens (tertiary/aromatic N) is 1. The van der Waals surface area contributed by atoms with E-state index in [1.807, 2.05) is 6.92 Å². The summed E-state index contributed by atoms with van der Waals surface area (Å²) in [5.41, 5.74) is 6.40. The molecule has 0 aliphatic rings. The van der Waals surface area contributed by atoms with Crippen LogP contribution in [0.15, 0.2) is 10.7 Å². The number of hydrogen-bond acceptors (Lipinski definition) is 2. The minimum absolute atomic E-state index is 0.474. The molecule has 4 heteroatoms. The van der Waals surface area contributed by atoms with E-state index < -0.39 is 0 Å². The minimum atomic E-state index is 0.474. The SMILES string of the molecule is Cc1c(Cl)cnc(N)c1Br. The summed E-state index contributed by atoms with van der Waals surface area (Å²) in [5.74, 6) is 0.474. The van der Waals surface area contributed by atoms with Crippen molar-refractivity contribution in [3.8, 4) is 0 Å². The van der Waals surface area contributed by atoms with Gasteiger partial charge in [0.25, 0.3) is 0 Å². The summed E-state index contributed by atoms with van der Waals surface area (Å²) in [6, 6.07) is 0. The van der Waals surface area contributed by atoms with Gasteiger partial charge in [-0.1, -0.05) is 11.6 Å². The third-order valence-electron chi connectivity index (χ3n) is 1.23. The lowest BCUT2D eigenvalue weighted by Gasteiger charge is -2.01. The quantitative estimate of drug-likeness (QED) is 0.731. The van der Waals surface area contributed by atoms with Gasteiger partial charge in [0.2, 0.25) is 0 Å². The molecule has 1 aromatic heterocycles. The van der Waals surface area contributed by atoms with Crippen LogP contribution in [-0.4, -0.2) is 4.98 Å². The average molecular weight is 221 g/mol. The van der Waals surface area contributed by atoms with Gasteiger partial charge < -0.3 is 5.73 Å². The third kappa shape index (κ3) is 1.25. The summed E-state index contributed by atoms with van der Waals surface area (Å²) in [6.07, 6.45) is 1.54. The van der Waals surface area contributed by atoms with Gasteiger partial charge in [-0.05, 0) is 28.4 Å². The van der Waals surface area contributed by atoms with Crippen LogP contribution < -0.4 is 5.73 Å². The molecule has 0 radical (unpaired) electrons. The molecule has 0 unspecified atom stereocenters. The van der Waals surface area contributed by atoms with Crippen LogP contribution in [0.5, 0.6) is 0 Å². The lowest BCUT2D eigenvalue weighted by Crippen LogP contribution is -1.93. The van der Waals surface area contributed by atoms with E-state index >= 15 is 0 Å². The molecule has 0 atom stereocenters. The number of rotatable bonds is 0. The van der Waals surface area contributed by atoms with Gasteiger partial charge in [0, 0.05) is 6.20 Å². The molecule has 0 bridgehead atoms. The van der Waals surface area contributed by atoms with E-state index in [-0.39, 0.29) is 0 Å².